The van der Waals surface area contributed by atoms with Crippen molar-refractivity contribution in [1.29, 1.82) is 0 Å². The minimum absolute atomic E-state index is 0.0362. The van der Waals surface area contributed by atoms with Crippen LogP contribution in [0.3, 0.4) is 0 Å². The number of benzene rings is 2. The Kier molecular flexibility index (Phi) is 4.89. The fraction of sp³-hybridized carbons (Fsp3) is 0.150. The van der Waals surface area contributed by atoms with Crippen LogP contribution in [-0.2, 0) is 14.8 Å². The van der Waals surface area contributed by atoms with Gasteiger partial charge in [0.2, 0.25) is 11.7 Å². The van der Waals surface area contributed by atoms with Gasteiger partial charge in [-0.25, -0.2) is 18.4 Å². The molecule has 8 nitrogen and oxygen atoms in total. The van der Waals surface area contributed by atoms with E-state index in [-0.39, 0.29) is 28.9 Å². The lowest BCUT2D eigenvalue weighted by atomic mass is 9.94. The standard InChI is InChI=1S/C20H18N4O4S/c1-13-6-2-3-7-14(13)15(20-21-10-11-28-20)12-22-19(25)18-23-16-8-4-5-9-17(16)29(26,27)24-18/h2-11,15H,12H2,1H3,(H,22,25)(H,23,24). The van der Waals surface area contributed by atoms with Crippen LogP contribution in [0.25, 0.3) is 0 Å². The lowest BCUT2D eigenvalue weighted by Crippen LogP contribution is -2.45. The lowest BCUT2D eigenvalue weighted by Gasteiger charge is -2.20. The molecule has 0 radical (unpaired) electrons. The number of aromatic nitrogens is 1. The van der Waals surface area contributed by atoms with Crippen molar-refractivity contribution < 1.29 is 17.6 Å². The van der Waals surface area contributed by atoms with E-state index in [9.17, 15) is 13.2 Å². The highest BCUT2D eigenvalue weighted by atomic mass is 32.2. The average molecular weight is 410 g/mol. The topological polar surface area (TPSA) is 114 Å². The van der Waals surface area contributed by atoms with Crippen LogP contribution in [0.2, 0.25) is 0 Å². The third kappa shape index (κ3) is 3.77. The van der Waals surface area contributed by atoms with E-state index < -0.39 is 15.9 Å². The van der Waals surface area contributed by atoms with E-state index in [1.165, 1.54) is 12.3 Å². The Morgan fingerprint density at radius 2 is 1.93 bits per heavy atom. The van der Waals surface area contributed by atoms with E-state index in [0.29, 0.717) is 5.89 Å². The zero-order valence-corrected chi connectivity index (χ0v) is 16.3. The molecule has 9 heteroatoms. The van der Waals surface area contributed by atoms with Crippen molar-refractivity contribution >= 4 is 27.5 Å². The summed E-state index contributed by atoms with van der Waals surface area (Å²) in [5.41, 5.74) is 2.20. The highest BCUT2D eigenvalue weighted by Gasteiger charge is 2.29. The zero-order chi connectivity index (χ0) is 20.4. The molecule has 4 rings (SSSR count). The van der Waals surface area contributed by atoms with Crippen molar-refractivity contribution in [3.05, 3.63) is 78.0 Å². The Labute approximate surface area is 167 Å². The van der Waals surface area contributed by atoms with E-state index in [1.54, 1.807) is 24.4 Å². The van der Waals surface area contributed by atoms with E-state index in [2.05, 4.69) is 20.0 Å². The largest absolute Gasteiger partial charge is 0.448 e. The first-order valence-corrected chi connectivity index (χ1v) is 10.4. The molecule has 1 aliphatic heterocycles. The highest BCUT2D eigenvalue weighted by molar-refractivity contribution is 7.90. The summed E-state index contributed by atoms with van der Waals surface area (Å²) in [5, 5.41) is 2.74. The maximum Gasteiger partial charge on any atom is 0.287 e. The predicted octanol–water partition coefficient (Wildman–Crippen LogP) is 2.25. The van der Waals surface area contributed by atoms with Crippen molar-refractivity contribution in [3.8, 4) is 0 Å². The van der Waals surface area contributed by atoms with Crippen LogP contribution in [0.4, 0.5) is 5.69 Å². The fourth-order valence-corrected chi connectivity index (χ4v) is 4.34. The van der Waals surface area contributed by atoms with Crippen LogP contribution in [-0.4, -0.2) is 31.7 Å². The molecule has 1 unspecified atom stereocenters. The van der Waals surface area contributed by atoms with E-state index in [0.717, 1.165) is 11.1 Å². The molecule has 0 aliphatic carbocycles. The van der Waals surface area contributed by atoms with Gasteiger partial charge in [0, 0.05) is 6.54 Å². The van der Waals surface area contributed by atoms with Gasteiger partial charge in [-0.15, -0.1) is 0 Å². The fourth-order valence-electron chi connectivity index (χ4n) is 3.19. The summed E-state index contributed by atoms with van der Waals surface area (Å²) in [5.74, 6) is -0.785. The number of oxazole rings is 1. The molecule has 0 fully saturated rings. The van der Waals surface area contributed by atoms with E-state index >= 15 is 0 Å². The summed E-state index contributed by atoms with van der Waals surface area (Å²) in [7, 11) is -3.85. The molecule has 148 valence electrons. The van der Waals surface area contributed by atoms with Crippen molar-refractivity contribution in [2.75, 3.05) is 6.54 Å². The summed E-state index contributed by atoms with van der Waals surface area (Å²) in [6.45, 7) is 2.12. The van der Waals surface area contributed by atoms with Crippen LogP contribution >= 0.6 is 0 Å². The molecule has 0 saturated heterocycles. The SMILES string of the molecule is Cc1ccccc1C(CNC(=O)C1=Nc2ccccc2S(=O)(=O)N1)c1ncco1. The number of rotatable bonds is 5. The van der Waals surface area contributed by atoms with Crippen molar-refractivity contribution in [3.63, 3.8) is 0 Å². The summed E-state index contributed by atoms with van der Waals surface area (Å²) >= 11 is 0. The number of nitrogens with one attached hydrogen (secondary N) is 2. The van der Waals surface area contributed by atoms with Gasteiger partial charge in [-0.3, -0.25) is 9.52 Å². The van der Waals surface area contributed by atoms with Crippen LogP contribution < -0.4 is 10.0 Å². The second kappa shape index (κ2) is 7.51. The number of fused-ring (bicyclic) bond motifs is 1. The van der Waals surface area contributed by atoms with Crippen LogP contribution in [0, 0.1) is 6.92 Å². The molecular weight excluding hydrogens is 392 g/mol. The minimum atomic E-state index is -3.85. The number of nitrogens with zero attached hydrogens (tertiary/aromatic N) is 2. The van der Waals surface area contributed by atoms with Gasteiger partial charge in [0.25, 0.3) is 15.9 Å². The molecule has 1 aliphatic rings. The minimum Gasteiger partial charge on any atom is -0.448 e. The number of amidine groups is 1. The number of aryl methyl sites for hydroxylation is 1. The Balaban J connectivity index is 1.58. The van der Waals surface area contributed by atoms with Gasteiger partial charge in [0.05, 0.1) is 17.8 Å². The molecule has 1 aromatic heterocycles. The van der Waals surface area contributed by atoms with Gasteiger partial charge >= 0.3 is 0 Å². The van der Waals surface area contributed by atoms with E-state index in [1.807, 2.05) is 31.2 Å². The molecule has 2 N–H and O–H groups in total. The molecule has 0 bridgehead atoms. The molecule has 0 saturated carbocycles. The smallest absolute Gasteiger partial charge is 0.287 e. The number of hydrogen-bond acceptors (Lipinski definition) is 6. The molecule has 2 heterocycles. The maximum absolute atomic E-state index is 12.7. The van der Waals surface area contributed by atoms with Crippen molar-refractivity contribution in [2.45, 2.75) is 17.7 Å². The molecule has 1 amide bonds. The molecule has 3 aromatic rings. The van der Waals surface area contributed by atoms with Crippen LogP contribution in [0.1, 0.15) is 22.9 Å². The van der Waals surface area contributed by atoms with Crippen LogP contribution in [0.15, 0.2) is 75.3 Å². The van der Waals surface area contributed by atoms with Gasteiger partial charge in [-0.2, -0.15) is 0 Å². The summed E-state index contributed by atoms with van der Waals surface area (Å²) < 4.78 is 32.5. The lowest BCUT2D eigenvalue weighted by molar-refractivity contribution is -0.115. The average Bonchev–Trinajstić information content (AvgIpc) is 3.23. The quantitative estimate of drug-likeness (QED) is 0.670. The van der Waals surface area contributed by atoms with Gasteiger partial charge in [0.15, 0.2) is 0 Å². The predicted molar refractivity (Wildman–Crippen MR) is 106 cm³/mol. The third-order valence-corrected chi connectivity index (χ3v) is 6.00. The van der Waals surface area contributed by atoms with E-state index in [4.69, 9.17) is 4.42 Å². The zero-order valence-electron chi connectivity index (χ0n) is 15.5. The number of hydrogen-bond donors (Lipinski definition) is 2. The summed E-state index contributed by atoms with van der Waals surface area (Å²) in [4.78, 5) is 21.1. The Morgan fingerprint density at radius 1 is 1.17 bits per heavy atom. The Hall–Kier alpha value is -3.46. The van der Waals surface area contributed by atoms with Crippen LogP contribution in [0.5, 0.6) is 0 Å². The molecular formula is C20H18N4O4S. The molecule has 29 heavy (non-hydrogen) atoms. The maximum atomic E-state index is 12.7. The number of amides is 1. The Bertz CT molecular complexity index is 1190. The second-order valence-electron chi connectivity index (χ2n) is 6.52. The van der Waals surface area contributed by atoms with Gasteiger partial charge < -0.3 is 9.73 Å². The number of aliphatic imine (C=N–C) groups is 1. The summed E-state index contributed by atoms with van der Waals surface area (Å²) in [6.07, 6.45) is 3.01. The van der Waals surface area contributed by atoms with Gasteiger partial charge in [0.1, 0.15) is 11.2 Å². The monoisotopic (exact) mass is 410 g/mol. The summed E-state index contributed by atoms with van der Waals surface area (Å²) in [6, 6.07) is 14.0. The highest BCUT2D eigenvalue weighted by Crippen LogP contribution is 2.27. The second-order valence-corrected chi connectivity index (χ2v) is 8.17. The number of carbonyl (C=O) groups excluding carboxylic acids is 1. The van der Waals surface area contributed by atoms with Crippen molar-refractivity contribution in [2.24, 2.45) is 4.99 Å². The van der Waals surface area contributed by atoms with Crippen molar-refractivity contribution in [1.82, 2.24) is 15.0 Å². The normalized spacial score (nSPS) is 15.6. The first-order valence-electron chi connectivity index (χ1n) is 8.89. The molecule has 1 atom stereocenters. The van der Waals surface area contributed by atoms with Gasteiger partial charge in [-0.05, 0) is 30.2 Å². The number of carbonyl (C=O) groups is 1. The first kappa shape index (κ1) is 18.9. The van der Waals surface area contributed by atoms with Gasteiger partial charge in [-0.1, -0.05) is 36.4 Å². The third-order valence-electron chi connectivity index (χ3n) is 4.61. The molecule has 2 aromatic carbocycles. The molecule has 0 spiro atoms. The number of para-hydroxylation sites is 1. The first-order chi connectivity index (χ1) is 14.0. The number of sulfonamides is 1. The Morgan fingerprint density at radius 3 is 2.69 bits per heavy atom.